The van der Waals surface area contributed by atoms with Crippen LogP contribution in [0.4, 0.5) is 23.2 Å². The monoisotopic (exact) mass is 287 g/mol. The van der Waals surface area contributed by atoms with E-state index >= 15 is 0 Å². The van der Waals surface area contributed by atoms with Gasteiger partial charge in [0.1, 0.15) is 5.82 Å². The van der Waals surface area contributed by atoms with Crippen molar-refractivity contribution in [2.24, 2.45) is 0 Å². The summed E-state index contributed by atoms with van der Waals surface area (Å²) in [7, 11) is 0. The zero-order valence-electron chi connectivity index (χ0n) is 9.54. The Morgan fingerprint density at radius 2 is 1.74 bits per heavy atom. The van der Waals surface area contributed by atoms with Crippen LogP contribution in [0.2, 0.25) is 0 Å². The highest BCUT2D eigenvalue weighted by molar-refractivity contribution is 7.99. The molecule has 0 aliphatic heterocycles. The molecule has 0 fully saturated rings. The summed E-state index contributed by atoms with van der Waals surface area (Å²) in [6, 6.07) is 8.96. The molecule has 0 heterocycles. The van der Waals surface area contributed by atoms with Gasteiger partial charge < -0.3 is 5.73 Å². The van der Waals surface area contributed by atoms with Crippen LogP contribution in [0.25, 0.3) is 0 Å². The number of anilines is 1. The SMILES string of the molecule is Nc1ccc(Sc2cccc(F)c2)c(C(F)(F)F)c1. The van der Waals surface area contributed by atoms with Crippen molar-refractivity contribution in [3.05, 3.63) is 53.8 Å². The van der Waals surface area contributed by atoms with Crippen LogP contribution >= 0.6 is 11.8 Å². The summed E-state index contributed by atoms with van der Waals surface area (Å²) in [5.41, 5.74) is 4.59. The number of halogens is 4. The van der Waals surface area contributed by atoms with Gasteiger partial charge in [0, 0.05) is 15.5 Å². The van der Waals surface area contributed by atoms with Gasteiger partial charge in [0.15, 0.2) is 0 Å². The molecule has 0 unspecified atom stereocenters. The summed E-state index contributed by atoms with van der Waals surface area (Å²) >= 11 is 0.848. The molecular weight excluding hydrogens is 278 g/mol. The fourth-order valence-electron chi connectivity index (χ4n) is 1.52. The molecular formula is C13H9F4NS. The van der Waals surface area contributed by atoms with E-state index in [-0.39, 0.29) is 10.6 Å². The zero-order valence-corrected chi connectivity index (χ0v) is 10.4. The molecule has 2 aromatic rings. The quantitative estimate of drug-likeness (QED) is 0.646. The molecule has 100 valence electrons. The molecule has 2 rings (SSSR count). The molecule has 0 bridgehead atoms. The second-order valence-electron chi connectivity index (χ2n) is 3.81. The molecule has 0 aliphatic carbocycles. The van der Waals surface area contributed by atoms with E-state index in [1.165, 1.54) is 30.3 Å². The Balaban J connectivity index is 2.40. The van der Waals surface area contributed by atoms with Crippen LogP contribution < -0.4 is 5.73 Å². The van der Waals surface area contributed by atoms with Gasteiger partial charge in [-0.15, -0.1) is 0 Å². The predicted octanol–water partition coefficient (Wildman–Crippen LogP) is 4.58. The molecule has 0 aliphatic rings. The van der Waals surface area contributed by atoms with Gasteiger partial charge in [-0.05, 0) is 36.4 Å². The first-order chi connectivity index (χ1) is 8.86. The first-order valence-electron chi connectivity index (χ1n) is 5.26. The maximum Gasteiger partial charge on any atom is 0.417 e. The van der Waals surface area contributed by atoms with Gasteiger partial charge in [-0.3, -0.25) is 0 Å². The Labute approximate surface area is 111 Å². The summed E-state index contributed by atoms with van der Waals surface area (Å²) in [5, 5.41) is 0. The molecule has 0 atom stereocenters. The molecule has 0 aromatic heterocycles. The third kappa shape index (κ3) is 3.41. The van der Waals surface area contributed by atoms with Gasteiger partial charge in [-0.25, -0.2) is 4.39 Å². The van der Waals surface area contributed by atoms with E-state index in [0.717, 1.165) is 17.8 Å². The van der Waals surface area contributed by atoms with E-state index in [1.807, 2.05) is 0 Å². The summed E-state index contributed by atoms with van der Waals surface area (Å²) in [6.45, 7) is 0. The highest BCUT2D eigenvalue weighted by Crippen LogP contribution is 2.40. The Hall–Kier alpha value is -1.69. The van der Waals surface area contributed by atoms with E-state index in [0.29, 0.717) is 4.90 Å². The topological polar surface area (TPSA) is 26.0 Å². The van der Waals surface area contributed by atoms with Crippen molar-refractivity contribution >= 4 is 17.4 Å². The van der Waals surface area contributed by atoms with E-state index < -0.39 is 17.6 Å². The normalized spacial score (nSPS) is 11.6. The number of alkyl halides is 3. The van der Waals surface area contributed by atoms with Crippen LogP contribution in [0.5, 0.6) is 0 Å². The molecule has 19 heavy (non-hydrogen) atoms. The summed E-state index contributed by atoms with van der Waals surface area (Å²) in [4.78, 5) is 0.391. The van der Waals surface area contributed by atoms with E-state index in [4.69, 9.17) is 5.73 Å². The third-order valence-corrected chi connectivity index (χ3v) is 3.40. The van der Waals surface area contributed by atoms with Crippen LogP contribution in [-0.2, 0) is 6.18 Å². The minimum Gasteiger partial charge on any atom is -0.399 e. The lowest BCUT2D eigenvalue weighted by atomic mass is 10.2. The first-order valence-corrected chi connectivity index (χ1v) is 6.08. The molecule has 6 heteroatoms. The van der Waals surface area contributed by atoms with Crippen molar-refractivity contribution in [1.29, 1.82) is 0 Å². The fourth-order valence-corrected chi connectivity index (χ4v) is 2.51. The Bertz CT molecular complexity index is 595. The average Bonchev–Trinajstić information content (AvgIpc) is 2.30. The number of benzene rings is 2. The number of nitrogens with two attached hydrogens (primary N) is 1. The number of nitrogen functional groups attached to an aromatic ring is 1. The Kier molecular flexibility index (Phi) is 3.71. The molecule has 0 saturated carbocycles. The van der Waals surface area contributed by atoms with E-state index in [2.05, 4.69) is 0 Å². The second kappa shape index (κ2) is 5.13. The van der Waals surface area contributed by atoms with E-state index in [9.17, 15) is 17.6 Å². The second-order valence-corrected chi connectivity index (χ2v) is 4.93. The smallest absolute Gasteiger partial charge is 0.399 e. The minimum absolute atomic E-state index is 0.00713. The third-order valence-electron chi connectivity index (χ3n) is 2.33. The van der Waals surface area contributed by atoms with Gasteiger partial charge >= 0.3 is 6.18 Å². The molecule has 2 N–H and O–H groups in total. The average molecular weight is 287 g/mol. The number of hydrogen-bond donors (Lipinski definition) is 1. The molecule has 1 nitrogen and oxygen atoms in total. The lowest BCUT2D eigenvalue weighted by Crippen LogP contribution is -2.07. The first kappa shape index (κ1) is 13.7. The number of rotatable bonds is 2. The summed E-state index contributed by atoms with van der Waals surface area (Å²) in [5.74, 6) is -0.492. The van der Waals surface area contributed by atoms with Crippen molar-refractivity contribution in [3.63, 3.8) is 0 Å². The van der Waals surface area contributed by atoms with Gasteiger partial charge in [-0.1, -0.05) is 17.8 Å². The van der Waals surface area contributed by atoms with Crippen LogP contribution in [0.3, 0.4) is 0 Å². The Morgan fingerprint density at radius 3 is 2.37 bits per heavy atom. The van der Waals surface area contributed by atoms with Crippen LogP contribution in [0, 0.1) is 5.82 Å². The van der Waals surface area contributed by atoms with Crippen LogP contribution in [0.1, 0.15) is 5.56 Å². The lowest BCUT2D eigenvalue weighted by Gasteiger charge is -2.13. The van der Waals surface area contributed by atoms with Crippen LogP contribution in [0.15, 0.2) is 52.3 Å². The van der Waals surface area contributed by atoms with Crippen LogP contribution in [-0.4, -0.2) is 0 Å². The van der Waals surface area contributed by atoms with Crippen molar-refractivity contribution in [2.75, 3.05) is 5.73 Å². The van der Waals surface area contributed by atoms with Gasteiger partial charge in [-0.2, -0.15) is 13.2 Å². The van der Waals surface area contributed by atoms with Crippen molar-refractivity contribution in [2.45, 2.75) is 16.0 Å². The maximum absolute atomic E-state index is 13.0. The molecule has 0 saturated heterocycles. The predicted molar refractivity (Wildman–Crippen MR) is 66.4 cm³/mol. The summed E-state index contributed by atoms with van der Waals surface area (Å²) in [6.07, 6.45) is -4.50. The Morgan fingerprint density at radius 1 is 1.00 bits per heavy atom. The zero-order chi connectivity index (χ0) is 14.0. The molecule has 0 radical (unpaired) electrons. The largest absolute Gasteiger partial charge is 0.417 e. The highest BCUT2D eigenvalue weighted by Gasteiger charge is 2.33. The standard InChI is InChI=1S/C13H9F4NS/c14-8-2-1-3-10(6-8)19-12-5-4-9(18)7-11(12)13(15,16)17/h1-7H,18H2. The summed E-state index contributed by atoms with van der Waals surface area (Å²) < 4.78 is 51.6. The van der Waals surface area contributed by atoms with Crippen molar-refractivity contribution < 1.29 is 17.6 Å². The minimum atomic E-state index is -4.50. The van der Waals surface area contributed by atoms with Crippen molar-refractivity contribution in [1.82, 2.24) is 0 Å². The molecule has 0 spiro atoms. The molecule has 0 amide bonds. The lowest BCUT2D eigenvalue weighted by molar-refractivity contribution is -0.139. The fraction of sp³-hybridized carbons (Fsp3) is 0.0769. The van der Waals surface area contributed by atoms with Gasteiger partial charge in [0.2, 0.25) is 0 Å². The highest BCUT2D eigenvalue weighted by atomic mass is 32.2. The number of hydrogen-bond acceptors (Lipinski definition) is 2. The van der Waals surface area contributed by atoms with Crippen molar-refractivity contribution in [3.8, 4) is 0 Å². The van der Waals surface area contributed by atoms with E-state index in [1.54, 1.807) is 6.07 Å². The maximum atomic E-state index is 13.0. The van der Waals surface area contributed by atoms with Gasteiger partial charge in [0.25, 0.3) is 0 Å². The molecule has 2 aromatic carbocycles. The van der Waals surface area contributed by atoms with Gasteiger partial charge in [0.05, 0.1) is 5.56 Å².